The third-order valence-electron chi connectivity index (χ3n) is 5.26. The molecule has 2 unspecified atom stereocenters. The van der Waals surface area contributed by atoms with Gasteiger partial charge in [0.2, 0.25) is 5.78 Å². The lowest BCUT2D eigenvalue weighted by molar-refractivity contribution is 0.0844. The smallest absolute Gasteiger partial charge is 0.208 e. The summed E-state index contributed by atoms with van der Waals surface area (Å²) in [5.41, 5.74) is 2.79. The number of benzene rings is 1. The summed E-state index contributed by atoms with van der Waals surface area (Å²) >= 11 is 9.64. The fourth-order valence-electron chi connectivity index (χ4n) is 3.77. The number of halogens is 2. The highest BCUT2D eigenvalue weighted by molar-refractivity contribution is 9.10. The van der Waals surface area contributed by atoms with Crippen LogP contribution in [0.2, 0.25) is 5.02 Å². The first-order valence-electron chi connectivity index (χ1n) is 10.2. The Bertz CT molecular complexity index is 1070. The zero-order valence-electron chi connectivity index (χ0n) is 18.7. The van der Waals surface area contributed by atoms with E-state index in [0.29, 0.717) is 15.5 Å². The Kier molecular flexibility index (Phi) is 7.19. The Morgan fingerprint density at radius 2 is 1.94 bits per heavy atom. The molecule has 2 atom stereocenters. The summed E-state index contributed by atoms with van der Waals surface area (Å²) in [6.45, 7) is 7.25. The molecule has 0 saturated carbocycles. The fraction of sp³-hybridized carbons (Fsp3) is 0.391. The number of ketones is 1. The monoisotopic (exact) mass is 522 g/mol. The van der Waals surface area contributed by atoms with E-state index in [4.69, 9.17) is 11.6 Å². The molecule has 0 radical (unpaired) electrons. The quantitative estimate of drug-likeness (QED) is 0.497. The minimum Gasteiger partial charge on any atom is -0.388 e. The molecule has 0 fully saturated rings. The number of carbonyl (C=O) groups is 1. The number of likely N-dealkylation sites (N-methyl/N-ethyl adjacent to an activating group) is 1. The molecule has 0 bridgehead atoms. The highest BCUT2D eigenvalue weighted by atomic mass is 79.9. The summed E-state index contributed by atoms with van der Waals surface area (Å²) in [6.07, 6.45) is 2.98. The van der Waals surface area contributed by atoms with Gasteiger partial charge in [0.1, 0.15) is 18.5 Å². The highest BCUT2D eigenvalue weighted by Gasteiger charge is 2.33. The zero-order valence-corrected chi connectivity index (χ0v) is 21.1. The second-order valence-electron chi connectivity index (χ2n) is 8.84. The van der Waals surface area contributed by atoms with Crippen LogP contribution < -0.4 is 5.32 Å². The first-order valence-corrected chi connectivity index (χ1v) is 11.4. The van der Waals surface area contributed by atoms with Crippen LogP contribution in [0.3, 0.4) is 0 Å². The van der Waals surface area contributed by atoms with Crippen molar-refractivity contribution >= 4 is 33.3 Å². The molecule has 1 aromatic carbocycles. The van der Waals surface area contributed by atoms with Crippen LogP contribution in [0, 0.1) is 0 Å². The number of rotatable bonds is 6. The van der Waals surface area contributed by atoms with Gasteiger partial charge in [0.05, 0.1) is 17.4 Å². The largest absolute Gasteiger partial charge is 0.388 e. The lowest BCUT2D eigenvalue weighted by Crippen LogP contribution is -2.35. The summed E-state index contributed by atoms with van der Waals surface area (Å²) < 4.78 is 2.44. The molecule has 1 aliphatic rings. The van der Waals surface area contributed by atoms with Gasteiger partial charge in [-0.2, -0.15) is 0 Å². The van der Waals surface area contributed by atoms with Gasteiger partial charge >= 0.3 is 0 Å². The van der Waals surface area contributed by atoms with Crippen molar-refractivity contribution in [2.24, 2.45) is 0 Å². The van der Waals surface area contributed by atoms with Crippen molar-refractivity contribution in [3.8, 4) is 0 Å². The minimum atomic E-state index is -0.699. The van der Waals surface area contributed by atoms with Crippen molar-refractivity contribution < 1.29 is 15.0 Å². The van der Waals surface area contributed by atoms with Gasteiger partial charge in [-0.05, 0) is 73.0 Å². The van der Waals surface area contributed by atoms with E-state index in [-0.39, 0.29) is 5.69 Å². The number of aliphatic hydroxyl groups excluding tert-OH is 2. The number of hydrogen-bond donors (Lipinski definition) is 3. The maximum atomic E-state index is 12.7. The molecule has 3 rings (SSSR count). The second kappa shape index (κ2) is 9.39. The maximum Gasteiger partial charge on any atom is 0.208 e. The Labute approximate surface area is 201 Å². The maximum absolute atomic E-state index is 12.7. The molecule has 3 N–H and O–H groups in total. The number of aromatic nitrogens is 2. The van der Waals surface area contributed by atoms with E-state index < -0.39 is 30.2 Å². The van der Waals surface area contributed by atoms with Crippen molar-refractivity contribution in [3.63, 3.8) is 0 Å². The molecular weight excluding hydrogens is 496 g/mol. The van der Waals surface area contributed by atoms with Crippen molar-refractivity contribution in [3.05, 3.63) is 74.5 Å². The molecule has 2 heterocycles. The molecule has 172 valence electrons. The third-order valence-corrected chi connectivity index (χ3v) is 6.04. The van der Waals surface area contributed by atoms with Gasteiger partial charge in [-0.3, -0.25) is 4.79 Å². The van der Waals surface area contributed by atoms with Crippen LogP contribution in [0.15, 0.2) is 52.5 Å². The number of nitrogens with one attached hydrogen (secondary N) is 1. The van der Waals surface area contributed by atoms with Gasteiger partial charge in [-0.25, -0.2) is 4.98 Å². The van der Waals surface area contributed by atoms with Gasteiger partial charge in [0.15, 0.2) is 4.73 Å². The highest BCUT2D eigenvalue weighted by Crippen LogP contribution is 2.35. The Morgan fingerprint density at radius 1 is 1.31 bits per heavy atom. The first kappa shape index (κ1) is 24.5. The van der Waals surface area contributed by atoms with Crippen LogP contribution in [0.4, 0.5) is 0 Å². The lowest BCUT2D eigenvalue weighted by atomic mass is 9.97. The summed E-state index contributed by atoms with van der Waals surface area (Å²) in [5, 5.41) is 24.0. The SMILES string of the molecule is CC1=CC(NC(c2ccc(Cl)cc2)c2c(C(=O)CO)nc(Br)n2C(C)(C)C)=CN(C)C1O. The zero-order chi connectivity index (χ0) is 23.8. The average molecular weight is 524 g/mol. The summed E-state index contributed by atoms with van der Waals surface area (Å²) in [4.78, 5) is 18.9. The van der Waals surface area contributed by atoms with Gasteiger partial charge < -0.3 is 25.0 Å². The van der Waals surface area contributed by atoms with E-state index in [1.807, 2.05) is 50.5 Å². The Balaban J connectivity index is 2.24. The van der Waals surface area contributed by atoms with Crippen LogP contribution in [0.25, 0.3) is 0 Å². The van der Waals surface area contributed by atoms with E-state index in [0.717, 1.165) is 16.8 Å². The molecule has 0 aliphatic carbocycles. The molecule has 1 aliphatic heterocycles. The van der Waals surface area contributed by atoms with Crippen LogP contribution in [-0.4, -0.2) is 50.3 Å². The molecule has 7 nitrogen and oxygen atoms in total. The van der Waals surface area contributed by atoms with Crippen LogP contribution in [-0.2, 0) is 5.54 Å². The van der Waals surface area contributed by atoms with Gasteiger partial charge in [-0.1, -0.05) is 23.7 Å². The molecular formula is C23H28BrClN4O3. The Hall–Kier alpha value is -2.13. The van der Waals surface area contributed by atoms with Crippen LogP contribution in [0.1, 0.15) is 55.5 Å². The van der Waals surface area contributed by atoms with E-state index >= 15 is 0 Å². The summed E-state index contributed by atoms with van der Waals surface area (Å²) in [7, 11) is 1.79. The molecule has 1 aromatic heterocycles. The molecule has 32 heavy (non-hydrogen) atoms. The van der Waals surface area contributed by atoms with E-state index in [1.165, 1.54) is 0 Å². The van der Waals surface area contributed by atoms with Gasteiger partial charge in [0, 0.05) is 23.8 Å². The second-order valence-corrected chi connectivity index (χ2v) is 9.99. The number of Topliss-reactive ketones (excluding diaryl/α,β-unsaturated/α-hetero) is 1. The first-order chi connectivity index (χ1) is 14.9. The summed E-state index contributed by atoms with van der Waals surface area (Å²) in [5.74, 6) is -0.471. The van der Waals surface area contributed by atoms with E-state index in [1.54, 1.807) is 30.3 Å². The average Bonchev–Trinajstić information content (AvgIpc) is 3.07. The fourth-order valence-corrected chi connectivity index (χ4v) is 4.79. The minimum absolute atomic E-state index is 0.187. The molecule has 0 spiro atoms. The number of aliphatic hydroxyl groups is 2. The number of nitrogens with zero attached hydrogens (tertiary/aromatic N) is 3. The molecule has 2 aromatic rings. The van der Waals surface area contributed by atoms with E-state index in [9.17, 15) is 15.0 Å². The topological polar surface area (TPSA) is 90.6 Å². The predicted molar refractivity (Wildman–Crippen MR) is 128 cm³/mol. The number of hydrogen-bond acceptors (Lipinski definition) is 6. The predicted octanol–water partition coefficient (Wildman–Crippen LogP) is 3.96. The van der Waals surface area contributed by atoms with Gasteiger partial charge in [0.25, 0.3) is 0 Å². The normalized spacial score (nSPS) is 17.7. The van der Waals surface area contributed by atoms with Crippen molar-refractivity contribution in [1.29, 1.82) is 0 Å². The van der Waals surface area contributed by atoms with Crippen molar-refractivity contribution in [2.75, 3.05) is 13.7 Å². The standard InChI is InChI=1S/C23H28BrClN4O3/c1-13-10-16(11-28(5)21(13)32)26-18(14-6-8-15(25)9-7-14)20-19(17(31)12-30)27-22(24)29(20)23(2,3)4/h6-11,18,21,26,30,32H,12H2,1-5H3. The number of allylic oxidation sites excluding steroid dienone is 1. The third kappa shape index (κ3) is 4.93. The number of imidazole rings is 1. The van der Waals surface area contributed by atoms with Crippen molar-refractivity contribution in [2.45, 2.75) is 45.5 Å². The molecule has 9 heteroatoms. The molecule has 0 amide bonds. The molecule has 0 saturated heterocycles. The number of carbonyl (C=O) groups excluding carboxylic acids is 1. The lowest BCUT2D eigenvalue weighted by Gasteiger charge is -2.33. The van der Waals surface area contributed by atoms with Crippen LogP contribution in [0.5, 0.6) is 0 Å². The summed E-state index contributed by atoms with van der Waals surface area (Å²) in [6, 6.07) is 6.87. The Morgan fingerprint density at radius 3 is 2.47 bits per heavy atom. The van der Waals surface area contributed by atoms with Gasteiger partial charge in [-0.15, -0.1) is 0 Å². The van der Waals surface area contributed by atoms with Crippen molar-refractivity contribution in [1.82, 2.24) is 19.8 Å². The van der Waals surface area contributed by atoms with Crippen LogP contribution >= 0.6 is 27.5 Å². The van der Waals surface area contributed by atoms with E-state index in [2.05, 4.69) is 26.2 Å².